The van der Waals surface area contributed by atoms with E-state index in [1.54, 1.807) is 34.8 Å². The Hall–Kier alpha value is -3.85. The summed E-state index contributed by atoms with van der Waals surface area (Å²) in [6.07, 6.45) is 10.9. The molecule has 12 nitrogen and oxygen atoms in total. The summed E-state index contributed by atoms with van der Waals surface area (Å²) in [6.45, 7) is 10.1. The number of ether oxygens (including phenoxy) is 3. The molecule has 6 atom stereocenters. The van der Waals surface area contributed by atoms with Gasteiger partial charge in [-0.2, -0.15) is 4.31 Å². The minimum absolute atomic E-state index is 0.0622. The highest BCUT2D eigenvalue weighted by Gasteiger charge is 2.66. The Labute approximate surface area is 337 Å². The first-order valence-electron chi connectivity index (χ1n) is 20.6. The lowest BCUT2D eigenvalue weighted by atomic mass is 9.55. The number of rotatable bonds is 21. The Bertz CT molecular complexity index is 2030. The maximum atomic E-state index is 15.3. The van der Waals surface area contributed by atoms with Crippen LogP contribution < -0.4 is 9.47 Å². The smallest absolute Gasteiger partial charge is 0.245 e. The van der Waals surface area contributed by atoms with Gasteiger partial charge >= 0.3 is 0 Å². The van der Waals surface area contributed by atoms with E-state index in [1.165, 1.54) is 7.11 Å². The van der Waals surface area contributed by atoms with Crippen LogP contribution in [0.15, 0.2) is 89.1 Å². The predicted molar refractivity (Wildman–Crippen MR) is 220 cm³/mol. The van der Waals surface area contributed by atoms with Gasteiger partial charge < -0.3 is 29.3 Å². The number of aliphatic hydroxyl groups excluding tert-OH is 2. The molecule has 0 bridgehead atoms. The Morgan fingerprint density at radius 2 is 1.88 bits per heavy atom. The van der Waals surface area contributed by atoms with Crippen LogP contribution in [0.2, 0.25) is 0 Å². The molecule has 3 aromatic rings. The Balaban J connectivity index is 1.44. The quantitative estimate of drug-likeness (QED) is 0.0546. The van der Waals surface area contributed by atoms with Gasteiger partial charge in [-0.3, -0.25) is 9.88 Å². The van der Waals surface area contributed by atoms with Gasteiger partial charge in [-0.05, 0) is 79.8 Å². The molecule has 57 heavy (non-hydrogen) atoms. The van der Waals surface area contributed by atoms with Crippen LogP contribution in [-0.4, -0.2) is 110 Å². The van der Waals surface area contributed by atoms with Crippen LogP contribution in [0.4, 0.5) is 0 Å². The summed E-state index contributed by atoms with van der Waals surface area (Å²) in [5.41, 5.74) is 2.96. The number of aromatic nitrogens is 1. The van der Waals surface area contributed by atoms with Crippen molar-refractivity contribution >= 4 is 26.6 Å². The van der Waals surface area contributed by atoms with Gasteiger partial charge in [-0.1, -0.05) is 55.3 Å². The second kappa shape index (κ2) is 18.4. The van der Waals surface area contributed by atoms with Crippen molar-refractivity contribution in [2.75, 3.05) is 59.7 Å². The molecule has 1 aromatic heterocycles. The highest BCUT2D eigenvalue weighted by atomic mass is 32.2. The van der Waals surface area contributed by atoms with E-state index >= 15 is 8.42 Å². The number of aliphatic hydroxyl groups is 2. The number of pyridine rings is 1. The largest absolute Gasteiger partial charge is 0.492 e. The van der Waals surface area contributed by atoms with Crippen LogP contribution in [0.3, 0.4) is 0 Å². The minimum Gasteiger partial charge on any atom is -0.492 e. The highest BCUT2D eigenvalue weighted by Crippen LogP contribution is 2.62. The van der Waals surface area contributed by atoms with Crippen molar-refractivity contribution in [2.45, 2.75) is 80.9 Å². The molecule has 2 aliphatic carbocycles. The van der Waals surface area contributed by atoms with E-state index in [1.807, 2.05) is 31.2 Å². The second-order valence-electron chi connectivity index (χ2n) is 15.6. The molecule has 3 heterocycles. The Morgan fingerprint density at radius 3 is 2.61 bits per heavy atom. The summed E-state index contributed by atoms with van der Waals surface area (Å²) in [5.74, 6) is -0.681. The molecule has 2 aromatic carbocycles. The fraction of sp³-hybridized carbons (Fsp3) is 0.545. The zero-order valence-electron chi connectivity index (χ0n) is 33.3. The van der Waals surface area contributed by atoms with Crippen molar-refractivity contribution in [2.24, 2.45) is 22.9 Å². The first-order chi connectivity index (χ1) is 27.8. The Kier molecular flexibility index (Phi) is 13.3. The fourth-order valence-electron chi connectivity index (χ4n) is 9.48. The van der Waals surface area contributed by atoms with Gasteiger partial charge in [-0.15, -0.1) is 6.58 Å². The lowest BCUT2D eigenvalue weighted by molar-refractivity contribution is -0.251. The number of sulfonamides is 1. The summed E-state index contributed by atoms with van der Waals surface area (Å²) >= 11 is 0. The van der Waals surface area contributed by atoms with E-state index < -0.39 is 27.8 Å². The number of unbranched alkanes of at least 4 members (excludes halogenated alkanes) is 2. The summed E-state index contributed by atoms with van der Waals surface area (Å²) in [4.78, 5) is 12.6. The molecule has 308 valence electrons. The average molecular weight is 803 g/mol. The van der Waals surface area contributed by atoms with Gasteiger partial charge in [0.05, 0.1) is 29.8 Å². The van der Waals surface area contributed by atoms with Crippen molar-refractivity contribution in [3.8, 4) is 11.5 Å². The summed E-state index contributed by atoms with van der Waals surface area (Å²) in [7, 11) is -2.70. The number of hydrogen-bond donors (Lipinski definition) is 2. The number of benzene rings is 2. The summed E-state index contributed by atoms with van der Waals surface area (Å²) in [5, 5.41) is 25.1. The third-order valence-corrected chi connectivity index (χ3v) is 14.0. The predicted octanol–water partition coefficient (Wildman–Crippen LogP) is 6.29. The topological polar surface area (TPSA) is 143 Å². The van der Waals surface area contributed by atoms with Crippen molar-refractivity contribution in [1.29, 1.82) is 0 Å². The van der Waals surface area contributed by atoms with E-state index in [4.69, 9.17) is 19.0 Å². The van der Waals surface area contributed by atoms with Crippen LogP contribution in [0.5, 0.6) is 11.5 Å². The molecular weight excluding hydrogens is 745 g/mol. The lowest BCUT2D eigenvalue weighted by Crippen LogP contribution is -2.70. The van der Waals surface area contributed by atoms with Crippen molar-refractivity contribution in [3.05, 3.63) is 84.6 Å². The molecule has 1 saturated carbocycles. The zero-order valence-corrected chi connectivity index (χ0v) is 34.1. The number of para-hydroxylation sites is 1. The zero-order chi connectivity index (χ0) is 40.0. The number of hydrogen-bond acceptors (Lipinski definition) is 11. The van der Waals surface area contributed by atoms with E-state index in [2.05, 4.69) is 33.8 Å². The van der Waals surface area contributed by atoms with Crippen LogP contribution in [0.25, 0.3) is 10.9 Å². The standard InChI is InChI=1S/C44H58N4O8S/c1-4-20-48(57(51,52)39-16-10-13-31-14-11-19-45-43(31)39)40-30-37(46-53-3)35-28-32(12-6-8-24-49)34(15-7-9-25-50)41-36-29-33(54-27-23-47-21-22-47)17-18-38(36)56-44(40,42(35)41)55-26-5-2/h5,10-11,13-14,16-19,28-29,32,34,40-42,49-50H,2,4,6-9,12,15,20-27,30H2,1,3H3. The van der Waals surface area contributed by atoms with Gasteiger partial charge in [0.15, 0.2) is 0 Å². The Morgan fingerprint density at radius 1 is 1.09 bits per heavy atom. The minimum atomic E-state index is -4.22. The maximum absolute atomic E-state index is 15.3. The molecule has 4 aliphatic rings. The third-order valence-electron chi connectivity index (χ3n) is 12.0. The first kappa shape index (κ1) is 41.3. The van der Waals surface area contributed by atoms with Crippen LogP contribution >= 0.6 is 0 Å². The molecule has 6 unspecified atom stereocenters. The molecule has 2 aliphatic heterocycles. The molecule has 1 saturated heterocycles. The molecule has 0 amide bonds. The van der Waals surface area contributed by atoms with Crippen LogP contribution in [-0.2, 0) is 19.6 Å². The number of allylic oxidation sites excluding steroid dienone is 1. The SMILES string of the molecule is C=CCOC12Oc3ccc(OCCN4CC4)cc3C3C(CCCCO)C(CCCCO)C=C(C(=NOC)CC1N(CCC)S(=O)(=O)c1cccc4cccnc14)C32. The van der Waals surface area contributed by atoms with Crippen molar-refractivity contribution < 1.29 is 37.7 Å². The lowest BCUT2D eigenvalue weighted by Gasteiger charge is -2.59. The molecule has 7 rings (SSSR count). The normalized spacial score (nSPS) is 26.1. The van der Waals surface area contributed by atoms with Crippen LogP contribution in [0.1, 0.15) is 69.8 Å². The molecule has 0 radical (unpaired) electrons. The summed E-state index contributed by atoms with van der Waals surface area (Å²) < 4.78 is 52.9. The van der Waals surface area contributed by atoms with Gasteiger partial charge in [-0.25, -0.2) is 8.42 Å². The third kappa shape index (κ3) is 8.37. The van der Waals surface area contributed by atoms with E-state index in [0.717, 1.165) is 67.6 Å². The maximum Gasteiger partial charge on any atom is 0.245 e. The second-order valence-corrected chi connectivity index (χ2v) is 17.5. The van der Waals surface area contributed by atoms with Gasteiger partial charge in [0.25, 0.3) is 0 Å². The average Bonchev–Trinajstić information content (AvgIpc) is 4.05. The van der Waals surface area contributed by atoms with Crippen LogP contribution in [0, 0.1) is 17.8 Å². The number of fused-ring (bicyclic) bond motifs is 3. The number of nitrogens with zero attached hydrogens (tertiary/aromatic N) is 4. The van der Waals surface area contributed by atoms with Gasteiger partial charge in [0, 0.05) is 68.9 Å². The van der Waals surface area contributed by atoms with Gasteiger partial charge in [0.1, 0.15) is 30.1 Å². The highest BCUT2D eigenvalue weighted by molar-refractivity contribution is 7.89. The molecular formula is C44H58N4O8S. The monoisotopic (exact) mass is 802 g/mol. The van der Waals surface area contributed by atoms with Crippen molar-refractivity contribution in [1.82, 2.24) is 14.2 Å². The number of oxime groups is 1. The van der Waals surface area contributed by atoms with E-state index in [9.17, 15) is 10.2 Å². The fourth-order valence-corrected chi connectivity index (χ4v) is 11.4. The first-order valence-corrected chi connectivity index (χ1v) is 22.1. The van der Waals surface area contributed by atoms with E-state index in [0.29, 0.717) is 42.8 Å². The van der Waals surface area contributed by atoms with Crippen molar-refractivity contribution in [3.63, 3.8) is 0 Å². The molecule has 13 heteroatoms. The molecule has 0 spiro atoms. The molecule has 2 fully saturated rings. The molecule has 2 N–H and O–H groups in total. The van der Waals surface area contributed by atoms with Gasteiger partial charge in [0.2, 0.25) is 15.8 Å². The van der Waals surface area contributed by atoms with E-state index in [-0.39, 0.29) is 55.4 Å². The summed E-state index contributed by atoms with van der Waals surface area (Å²) in [6, 6.07) is 14.0.